The minimum atomic E-state index is -0.777. The molecule has 1 atom stereocenters. The molecule has 6 heteroatoms. The predicted octanol–water partition coefficient (Wildman–Crippen LogP) is 0.158. The van der Waals surface area contributed by atoms with Gasteiger partial charge in [-0.2, -0.15) is 0 Å². The van der Waals surface area contributed by atoms with Crippen LogP contribution in [-0.4, -0.2) is 38.6 Å². The normalized spacial score (nSPS) is 16.3. The van der Waals surface area contributed by atoms with Crippen LogP contribution in [0, 0.1) is 0 Å². The van der Waals surface area contributed by atoms with E-state index < -0.39 is 5.97 Å². The van der Waals surface area contributed by atoms with Gasteiger partial charge in [-0.1, -0.05) is 0 Å². The molecule has 1 aliphatic heterocycles. The second kappa shape index (κ2) is 4.29. The highest BCUT2D eigenvalue weighted by molar-refractivity contribution is 7.15. The lowest BCUT2D eigenvalue weighted by Gasteiger charge is -2.25. The fourth-order valence-electron chi connectivity index (χ4n) is 1.79. The molecule has 5 nitrogen and oxygen atoms in total. The van der Waals surface area contributed by atoms with Gasteiger partial charge in [-0.25, -0.2) is 4.98 Å². The predicted molar refractivity (Wildman–Crippen MR) is 58.6 cm³/mol. The number of aliphatic carboxylic acids is 1. The van der Waals surface area contributed by atoms with E-state index in [-0.39, 0.29) is 6.54 Å². The fraction of sp³-hybridized carbons (Fsp3) is 0.556. The third kappa shape index (κ3) is 2.36. The molecule has 1 aromatic heterocycles. The van der Waals surface area contributed by atoms with Crippen LogP contribution in [0.3, 0.4) is 0 Å². The zero-order valence-electron chi connectivity index (χ0n) is 8.39. The summed E-state index contributed by atoms with van der Waals surface area (Å²) in [5.41, 5.74) is 1.05. The average molecular weight is 227 g/mol. The van der Waals surface area contributed by atoms with E-state index in [0.29, 0.717) is 6.54 Å². The van der Waals surface area contributed by atoms with E-state index in [1.807, 2.05) is 11.1 Å². The monoisotopic (exact) mass is 227 g/mol. The summed E-state index contributed by atoms with van der Waals surface area (Å²) in [5, 5.41) is 8.69. The summed E-state index contributed by atoms with van der Waals surface area (Å²) in [6.45, 7) is 2.35. The molecule has 0 bridgehead atoms. The Morgan fingerprint density at radius 1 is 1.60 bits per heavy atom. The first kappa shape index (κ1) is 10.6. The van der Waals surface area contributed by atoms with Gasteiger partial charge in [-0.05, 0) is 0 Å². The number of rotatable bonds is 3. The van der Waals surface area contributed by atoms with Gasteiger partial charge < -0.3 is 9.67 Å². The van der Waals surface area contributed by atoms with E-state index in [0.717, 1.165) is 30.8 Å². The van der Waals surface area contributed by atoms with Gasteiger partial charge in [0.25, 0.3) is 0 Å². The summed E-state index contributed by atoms with van der Waals surface area (Å²) in [5.74, 6) is 0.196. The third-order valence-electron chi connectivity index (χ3n) is 2.50. The molecule has 1 unspecified atom stereocenters. The topological polar surface area (TPSA) is 58.4 Å². The third-order valence-corrected chi connectivity index (χ3v) is 2.92. The maximum atomic E-state index is 10.6. The van der Waals surface area contributed by atoms with E-state index in [2.05, 4.69) is 18.8 Å². The number of nitrogens with zero attached hydrogens (tertiary/aromatic N) is 3. The van der Waals surface area contributed by atoms with Gasteiger partial charge in [0.15, 0.2) is 0 Å². The van der Waals surface area contributed by atoms with Crippen LogP contribution < -0.4 is 0 Å². The van der Waals surface area contributed by atoms with Crippen molar-refractivity contribution in [2.75, 3.05) is 13.1 Å². The molecule has 0 saturated heterocycles. The highest BCUT2D eigenvalue weighted by Gasteiger charge is 2.19. The van der Waals surface area contributed by atoms with E-state index in [1.165, 1.54) is 0 Å². The van der Waals surface area contributed by atoms with E-state index in [4.69, 9.17) is 5.11 Å². The molecule has 2 rings (SSSR count). The Hall–Kier alpha value is -0.930. The molecule has 0 spiro atoms. The lowest BCUT2D eigenvalue weighted by atomic mass is 10.3. The molecule has 1 aromatic rings. The molecule has 0 aliphatic carbocycles. The van der Waals surface area contributed by atoms with Gasteiger partial charge in [-0.3, -0.25) is 9.69 Å². The van der Waals surface area contributed by atoms with Crippen LogP contribution in [-0.2, 0) is 24.0 Å². The summed E-state index contributed by atoms with van der Waals surface area (Å²) in [6, 6.07) is 0. The molecule has 15 heavy (non-hydrogen) atoms. The summed E-state index contributed by atoms with van der Waals surface area (Å²) in [6.07, 6.45) is 2.89. The minimum Gasteiger partial charge on any atom is -0.480 e. The number of hydrogen-bond acceptors (Lipinski definition) is 3. The number of carboxylic acid groups (broad SMARTS) is 1. The Morgan fingerprint density at radius 2 is 2.40 bits per heavy atom. The van der Waals surface area contributed by atoms with Crippen molar-refractivity contribution in [2.24, 2.45) is 0 Å². The molecular formula is C9H14N3O2P. The standard InChI is InChI=1S/C9H14N3O2P/c13-9(14)5-11-1-2-12-3-7(6-15)10-8(12)4-11/h3H,1-2,4-6,15H2,(H,13,14). The van der Waals surface area contributed by atoms with E-state index in [9.17, 15) is 4.79 Å². The van der Waals surface area contributed by atoms with Crippen molar-refractivity contribution in [3.05, 3.63) is 17.7 Å². The van der Waals surface area contributed by atoms with E-state index in [1.54, 1.807) is 0 Å². The van der Waals surface area contributed by atoms with Crippen LogP contribution in [0.15, 0.2) is 6.20 Å². The maximum absolute atomic E-state index is 10.6. The van der Waals surface area contributed by atoms with Gasteiger partial charge in [0.2, 0.25) is 0 Å². The second-order valence-electron chi connectivity index (χ2n) is 3.65. The van der Waals surface area contributed by atoms with Crippen molar-refractivity contribution in [3.63, 3.8) is 0 Å². The number of carboxylic acids is 1. The zero-order valence-corrected chi connectivity index (χ0v) is 9.54. The van der Waals surface area contributed by atoms with Crippen LogP contribution in [0.1, 0.15) is 11.5 Å². The Balaban J connectivity index is 2.08. The largest absolute Gasteiger partial charge is 0.480 e. The Bertz CT molecular complexity index is 377. The van der Waals surface area contributed by atoms with Crippen LogP contribution in [0.4, 0.5) is 0 Å². The van der Waals surface area contributed by atoms with Gasteiger partial charge in [0.05, 0.1) is 18.8 Å². The van der Waals surface area contributed by atoms with E-state index >= 15 is 0 Å². The second-order valence-corrected chi connectivity index (χ2v) is 4.06. The highest BCUT2D eigenvalue weighted by atomic mass is 31.0. The first-order chi connectivity index (χ1) is 7.19. The van der Waals surface area contributed by atoms with Crippen molar-refractivity contribution in [3.8, 4) is 0 Å². The van der Waals surface area contributed by atoms with Crippen molar-refractivity contribution in [2.45, 2.75) is 19.3 Å². The number of hydrogen-bond donors (Lipinski definition) is 1. The molecule has 0 saturated carbocycles. The SMILES string of the molecule is O=C(O)CN1CCn2cc(CP)nc2C1. The van der Waals surface area contributed by atoms with Crippen LogP contribution >= 0.6 is 9.24 Å². The van der Waals surface area contributed by atoms with Crippen LogP contribution in [0.25, 0.3) is 0 Å². The average Bonchev–Trinajstić information content (AvgIpc) is 2.58. The lowest BCUT2D eigenvalue weighted by molar-refractivity contribution is -0.138. The Morgan fingerprint density at radius 3 is 3.07 bits per heavy atom. The fourth-order valence-corrected chi connectivity index (χ4v) is 1.98. The summed E-state index contributed by atoms with van der Waals surface area (Å²) < 4.78 is 2.11. The number of aromatic nitrogens is 2. The summed E-state index contributed by atoms with van der Waals surface area (Å²) in [7, 11) is 2.64. The van der Waals surface area contributed by atoms with Crippen LogP contribution in [0.2, 0.25) is 0 Å². The van der Waals surface area contributed by atoms with Crippen molar-refractivity contribution >= 4 is 15.2 Å². The lowest BCUT2D eigenvalue weighted by Crippen LogP contribution is -2.37. The van der Waals surface area contributed by atoms with Gasteiger partial charge >= 0.3 is 5.97 Å². The first-order valence-corrected chi connectivity index (χ1v) is 5.70. The smallest absolute Gasteiger partial charge is 0.317 e. The molecule has 0 radical (unpaired) electrons. The Labute approximate surface area is 90.3 Å². The molecule has 1 N–H and O–H groups in total. The zero-order chi connectivity index (χ0) is 10.8. The summed E-state index contributed by atoms with van der Waals surface area (Å²) in [4.78, 5) is 16.9. The Kier molecular flexibility index (Phi) is 3.03. The number of carbonyl (C=O) groups is 1. The molecule has 82 valence electrons. The van der Waals surface area contributed by atoms with Gasteiger partial charge in [0.1, 0.15) is 5.82 Å². The molecule has 0 aromatic carbocycles. The van der Waals surface area contributed by atoms with Crippen molar-refractivity contribution in [1.82, 2.24) is 14.5 Å². The molecule has 1 aliphatic rings. The van der Waals surface area contributed by atoms with Crippen LogP contribution in [0.5, 0.6) is 0 Å². The summed E-state index contributed by atoms with van der Waals surface area (Å²) >= 11 is 0. The molecular weight excluding hydrogens is 213 g/mol. The van der Waals surface area contributed by atoms with Gasteiger partial charge in [0, 0.05) is 25.4 Å². The molecule has 2 heterocycles. The quantitative estimate of drug-likeness (QED) is 0.747. The maximum Gasteiger partial charge on any atom is 0.317 e. The molecule has 0 amide bonds. The number of imidazole rings is 1. The van der Waals surface area contributed by atoms with Crippen molar-refractivity contribution in [1.29, 1.82) is 0 Å². The van der Waals surface area contributed by atoms with Gasteiger partial charge in [-0.15, -0.1) is 9.24 Å². The first-order valence-electron chi connectivity index (χ1n) is 4.88. The highest BCUT2D eigenvalue weighted by Crippen LogP contribution is 2.13. The minimum absolute atomic E-state index is 0.100. The number of fused-ring (bicyclic) bond motifs is 1. The molecule has 0 fully saturated rings. The van der Waals surface area contributed by atoms with Crippen molar-refractivity contribution < 1.29 is 9.90 Å².